The van der Waals surface area contributed by atoms with Gasteiger partial charge in [0.15, 0.2) is 0 Å². The van der Waals surface area contributed by atoms with E-state index >= 15 is 0 Å². The van der Waals surface area contributed by atoms with E-state index in [0.29, 0.717) is 0 Å². The van der Waals surface area contributed by atoms with E-state index in [9.17, 15) is 0 Å². The molecule has 0 aliphatic carbocycles. The molecular weight excluding hydrogens is 162 g/mol. The minimum absolute atomic E-state index is 0.723. The maximum Gasteiger partial charge on any atom is 0.0594 e. The van der Waals surface area contributed by atoms with Crippen molar-refractivity contribution in [2.45, 2.75) is 20.3 Å². The first kappa shape index (κ1) is 10.7. The second-order valence-corrected chi connectivity index (χ2v) is 3.73. The molecule has 0 aromatic carbocycles. The van der Waals surface area contributed by atoms with Crippen molar-refractivity contribution in [2.75, 3.05) is 32.8 Å². The number of hydrogen-bond acceptors (Lipinski definition) is 2. The highest BCUT2D eigenvalue weighted by Gasteiger charge is 2.07. The van der Waals surface area contributed by atoms with Crippen LogP contribution in [0.25, 0.3) is 0 Å². The van der Waals surface area contributed by atoms with Crippen LogP contribution in [-0.2, 0) is 4.74 Å². The van der Waals surface area contributed by atoms with Crippen molar-refractivity contribution in [2.24, 2.45) is 5.92 Å². The van der Waals surface area contributed by atoms with Crippen molar-refractivity contribution in [1.29, 1.82) is 0 Å². The zero-order chi connectivity index (χ0) is 9.52. The molecule has 1 aliphatic rings. The Morgan fingerprint density at radius 3 is 2.69 bits per heavy atom. The summed E-state index contributed by atoms with van der Waals surface area (Å²) in [6, 6.07) is 0. The van der Waals surface area contributed by atoms with Gasteiger partial charge in [-0.25, -0.2) is 0 Å². The van der Waals surface area contributed by atoms with Crippen LogP contribution in [0.4, 0.5) is 0 Å². The summed E-state index contributed by atoms with van der Waals surface area (Å²) >= 11 is 0. The molecule has 0 aromatic rings. The first-order valence-electron chi connectivity index (χ1n) is 5.29. The van der Waals surface area contributed by atoms with E-state index in [1.54, 1.807) is 0 Å². The van der Waals surface area contributed by atoms with Gasteiger partial charge in [-0.05, 0) is 5.92 Å². The summed E-state index contributed by atoms with van der Waals surface area (Å²) in [7, 11) is 0. The summed E-state index contributed by atoms with van der Waals surface area (Å²) in [5.74, 6) is 0.723. The molecule has 1 atom stereocenters. The average Bonchev–Trinajstić information content (AvgIpc) is 2.19. The van der Waals surface area contributed by atoms with E-state index in [4.69, 9.17) is 4.74 Å². The van der Waals surface area contributed by atoms with Gasteiger partial charge in [0.05, 0.1) is 13.2 Å². The van der Waals surface area contributed by atoms with Crippen molar-refractivity contribution < 1.29 is 4.74 Å². The third-order valence-corrected chi connectivity index (χ3v) is 2.58. The highest BCUT2D eigenvalue weighted by Crippen LogP contribution is 2.02. The lowest BCUT2D eigenvalue weighted by Gasteiger charge is -2.25. The van der Waals surface area contributed by atoms with Crippen molar-refractivity contribution >= 4 is 0 Å². The quantitative estimate of drug-likeness (QED) is 0.617. The maximum atomic E-state index is 5.28. The van der Waals surface area contributed by atoms with E-state index in [1.165, 1.54) is 6.42 Å². The number of allylic oxidation sites excluding steroid dienone is 1. The molecule has 0 aromatic heterocycles. The third-order valence-electron chi connectivity index (χ3n) is 2.58. The summed E-state index contributed by atoms with van der Waals surface area (Å²) in [5.41, 5.74) is 0. The van der Waals surface area contributed by atoms with Crippen molar-refractivity contribution in [1.82, 2.24) is 4.90 Å². The van der Waals surface area contributed by atoms with E-state index in [1.807, 2.05) is 0 Å². The lowest BCUT2D eigenvalue weighted by molar-refractivity contribution is 0.0434. The minimum Gasteiger partial charge on any atom is -0.379 e. The zero-order valence-corrected chi connectivity index (χ0v) is 8.83. The molecule has 0 spiro atoms. The summed E-state index contributed by atoms with van der Waals surface area (Å²) in [6.45, 7) is 9.55. The zero-order valence-electron chi connectivity index (χ0n) is 8.83. The van der Waals surface area contributed by atoms with Crippen molar-refractivity contribution in [3.8, 4) is 0 Å². The second kappa shape index (κ2) is 6.17. The van der Waals surface area contributed by atoms with Crippen LogP contribution in [0.15, 0.2) is 12.2 Å². The Bertz CT molecular complexity index is 150. The lowest BCUT2D eigenvalue weighted by atomic mass is 10.1. The highest BCUT2D eigenvalue weighted by molar-refractivity contribution is 4.88. The van der Waals surface area contributed by atoms with Gasteiger partial charge in [0, 0.05) is 19.6 Å². The molecule has 13 heavy (non-hydrogen) atoms. The molecule has 0 saturated carbocycles. The molecule has 0 bridgehead atoms. The Labute approximate surface area is 81.6 Å². The van der Waals surface area contributed by atoms with Gasteiger partial charge in [0.25, 0.3) is 0 Å². The predicted molar refractivity (Wildman–Crippen MR) is 55.9 cm³/mol. The number of nitrogens with zero attached hydrogens (tertiary/aromatic N) is 1. The molecular formula is C11H21NO. The lowest BCUT2D eigenvalue weighted by Crippen LogP contribution is -2.36. The van der Waals surface area contributed by atoms with Crippen LogP contribution in [0.3, 0.4) is 0 Å². The van der Waals surface area contributed by atoms with E-state index < -0.39 is 0 Å². The van der Waals surface area contributed by atoms with Crippen LogP contribution in [-0.4, -0.2) is 37.7 Å². The van der Waals surface area contributed by atoms with E-state index in [-0.39, 0.29) is 0 Å². The Balaban J connectivity index is 2.13. The van der Waals surface area contributed by atoms with Gasteiger partial charge in [-0.1, -0.05) is 32.4 Å². The first-order valence-corrected chi connectivity index (χ1v) is 5.29. The molecule has 1 rings (SSSR count). The van der Waals surface area contributed by atoms with Gasteiger partial charge in [0.2, 0.25) is 0 Å². The topological polar surface area (TPSA) is 12.5 Å². The Morgan fingerprint density at radius 1 is 1.38 bits per heavy atom. The van der Waals surface area contributed by atoms with Crippen LogP contribution in [0, 0.1) is 5.92 Å². The predicted octanol–water partition coefficient (Wildman–Crippen LogP) is 1.92. The van der Waals surface area contributed by atoms with Crippen LogP contribution in [0.2, 0.25) is 0 Å². The fraction of sp³-hybridized carbons (Fsp3) is 0.818. The molecule has 2 nitrogen and oxygen atoms in total. The molecule has 0 radical (unpaired) electrons. The molecule has 0 amide bonds. The monoisotopic (exact) mass is 183 g/mol. The first-order chi connectivity index (χ1) is 6.33. The summed E-state index contributed by atoms with van der Waals surface area (Å²) in [5, 5.41) is 0. The van der Waals surface area contributed by atoms with Crippen LogP contribution in [0.1, 0.15) is 20.3 Å². The number of morpholine rings is 1. The summed E-state index contributed by atoms with van der Waals surface area (Å²) in [4.78, 5) is 2.43. The normalized spacial score (nSPS) is 22.3. The van der Waals surface area contributed by atoms with Gasteiger partial charge in [-0.15, -0.1) is 0 Å². The second-order valence-electron chi connectivity index (χ2n) is 3.73. The summed E-state index contributed by atoms with van der Waals surface area (Å²) < 4.78 is 5.28. The van der Waals surface area contributed by atoms with Gasteiger partial charge >= 0.3 is 0 Å². The standard InChI is InChI=1S/C11H21NO/c1-3-11(2)5-4-6-12-7-9-13-10-8-12/h4-5,11H,3,6-10H2,1-2H3. The smallest absolute Gasteiger partial charge is 0.0594 e. The van der Waals surface area contributed by atoms with Crippen LogP contribution in [0.5, 0.6) is 0 Å². The van der Waals surface area contributed by atoms with Crippen LogP contribution >= 0.6 is 0 Å². The number of ether oxygens (including phenoxy) is 1. The van der Waals surface area contributed by atoms with Gasteiger partial charge in [0.1, 0.15) is 0 Å². The minimum atomic E-state index is 0.723. The molecule has 1 saturated heterocycles. The fourth-order valence-corrected chi connectivity index (χ4v) is 1.36. The molecule has 1 heterocycles. The Kier molecular flexibility index (Phi) is 5.09. The number of hydrogen-bond donors (Lipinski definition) is 0. The number of rotatable bonds is 4. The van der Waals surface area contributed by atoms with Gasteiger partial charge in [-0.2, -0.15) is 0 Å². The Morgan fingerprint density at radius 2 is 2.08 bits per heavy atom. The molecule has 2 heteroatoms. The molecule has 0 N–H and O–H groups in total. The van der Waals surface area contributed by atoms with E-state index in [0.717, 1.165) is 38.8 Å². The third kappa shape index (κ3) is 4.44. The highest BCUT2D eigenvalue weighted by atomic mass is 16.5. The largest absolute Gasteiger partial charge is 0.379 e. The summed E-state index contributed by atoms with van der Waals surface area (Å²) in [6.07, 6.45) is 5.84. The SMILES string of the molecule is CCC(C)C=CCN1CCOCC1. The van der Waals surface area contributed by atoms with Gasteiger partial charge in [-0.3, -0.25) is 4.90 Å². The van der Waals surface area contributed by atoms with E-state index in [2.05, 4.69) is 30.9 Å². The molecule has 76 valence electrons. The van der Waals surface area contributed by atoms with Crippen LogP contribution < -0.4 is 0 Å². The molecule has 1 unspecified atom stereocenters. The molecule has 1 aliphatic heterocycles. The fourth-order valence-electron chi connectivity index (χ4n) is 1.36. The van der Waals surface area contributed by atoms with Crippen molar-refractivity contribution in [3.63, 3.8) is 0 Å². The maximum absolute atomic E-state index is 5.28. The average molecular weight is 183 g/mol. The van der Waals surface area contributed by atoms with Gasteiger partial charge < -0.3 is 4.74 Å². The Hall–Kier alpha value is -0.340. The molecule has 1 fully saturated rings. The van der Waals surface area contributed by atoms with Crippen molar-refractivity contribution in [3.05, 3.63) is 12.2 Å².